The number of thioether (sulfide) groups is 1. The maximum absolute atomic E-state index is 12.1. The van der Waals surface area contributed by atoms with Gasteiger partial charge in [0.15, 0.2) is 0 Å². The highest BCUT2D eigenvalue weighted by atomic mass is 35.5. The minimum atomic E-state index is -0.193. The second-order valence-corrected chi connectivity index (χ2v) is 6.51. The van der Waals surface area contributed by atoms with Crippen molar-refractivity contribution in [3.63, 3.8) is 0 Å². The predicted octanol–water partition coefficient (Wildman–Crippen LogP) is 3.47. The lowest BCUT2D eigenvalue weighted by atomic mass is 10.3. The van der Waals surface area contributed by atoms with Gasteiger partial charge in [0.1, 0.15) is 11.4 Å². The Morgan fingerprint density at radius 1 is 1.35 bits per heavy atom. The summed E-state index contributed by atoms with van der Waals surface area (Å²) >= 11 is 13.3. The van der Waals surface area contributed by atoms with Crippen molar-refractivity contribution in [2.75, 3.05) is 11.1 Å². The molecule has 0 atom stereocenters. The van der Waals surface area contributed by atoms with E-state index in [1.807, 2.05) is 13.0 Å². The van der Waals surface area contributed by atoms with Crippen LogP contribution in [0.3, 0.4) is 0 Å². The van der Waals surface area contributed by atoms with Gasteiger partial charge in [0.25, 0.3) is 5.78 Å². The Balaban J connectivity index is 1.71. The Hall–Kier alpha value is -1.83. The Morgan fingerprint density at radius 2 is 2.17 bits per heavy atom. The van der Waals surface area contributed by atoms with E-state index in [9.17, 15) is 4.79 Å². The lowest BCUT2D eigenvalue weighted by molar-refractivity contribution is -0.113. The molecule has 3 aromatic rings. The summed E-state index contributed by atoms with van der Waals surface area (Å²) in [6.07, 6.45) is 1.43. The standard InChI is InChI=1S/C14H11Cl2N5OS/c1-8-4-13(21-14(19-8)17-7-18-21)23-6-12(22)20-11-5-9(15)2-3-10(11)16/h2-5,7H,6H2,1H3,(H,20,22). The number of amides is 1. The molecule has 118 valence electrons. The molecule has 1 aromatic carbocycles. The zero-order valence-electron chi connectivity index (χ0n) is 12.0. The van der Waals surface area contributed by atoms with Crippen molar-refractivity contribution in [1.29, 1.82) is 0 Å². The Kier molecular flexibility index (Phi) is 4.70. The summed E-state index contributed by atoms with van der Waals surface area (Å²) in [5.74, 6) is 0.508. The van der Waals surface area contributed by atoms with Gasteiger partial charge in [0, 0.05) is 10.7 Å². The number of carbonyl (C=O) groups is 1. The van der Waals surface area contributed by atoms with E-state index >= 15 is 0 Å². The molecule has 6 nitrogen and oxygen atoms in total. The first-order valence-corrected chi connectivity index (χ1v) is 8.32. The molecule has 0 aliphatic carbocycles. The molecule has 0 radical (unpaired) electrons. The first-order chi connectivity index (χ1) is 11.0. The highest BCUT2D eigenvalue weighted by Crippen LogP contribution is 2.26. The average molecular weight is 368 g/mol. The van der Waals surface area contributed by atoms with Crippen molar-refractivity contribution in [2.45, 2.75) is 11.9 Å². The molecule has 1 N–H and O–H groups in total. The smallest absolute Gasteiger partial charge is 0.253 e. The number of rotatable bonds is 4. The third-order valence-corrected chi connectivity index (χ3v) is 4.46. The molecule has 1 amide bonds. The van der Waals surface area contributed by atoms with Crippen LogP contribution in [0.5, 0.6) is 0 Å². The lowest BCUT2D eigenvalue weighted by Gasteiger charge is -2.08. The molecule has 3 rings (SSSR count). The van der Waals surface area contributed by atoms with Crippen LogP contribution in [-0.4, -0.2) is 31.2 Å². The van der Waals surface area contributed by atoms with E-state index in [1.54, 1.807) is 22.7 Å². The molecule has 0 aliphatic rings. The van der Waals surface area contributed by atoms with Gasteiger partial charge >= 0.3 is 0 Å². The summed E-state index contributed by atoms with van der Waals surface area (Å²) in [6.45, 7) is 1.87. The van der Waals surface area contributed by atoms with Gasteiger partial charge in [-0.2, -0.15) is 14.6 Å². The van der Waals surface area contributed by atoms with Gasteiger partial charge in [-0.25, -0.2) is 4.98 Å². The number of carbonyl (C=O) groups excluding carboxylic acids is 1. The largest absolute Gasteiger partial charge is 0.324 e. The molecule has 0 aliphatic heterocycles. The van der Waals surface area contributed by atoms with Gasteiger partial charge in [-0.3, -0.25) is 4.79 Å². The number of aryl methyl sites for hydroxylation is 1. The normalized spacial score (nSPS) is 10.9. The van der Waals surface area contributed by atoms with Crippen molar-refractivity contribution in [3.8, 4) is 0 Å². The third-order valence-electron chi connectivity index (χ3n) is 2.90. The van der Waals surface area contributed by atoms with Crippen LogP contribution in [0.25, 0.3) is 5.78 Å². The highest BCUT2D eigenvalue weighted by Gasteiger charge is 2.11. The van der Waals surface area contributed by atoms with E-state index in [-0.39, 0.29) is 11.7 Å². The monoisotopic (exact) mass is 367 g/mol. The van der Waals surface area contributed by atoms with Gasteiger partial charge in [-0.05, 0) is 31.2 Å². The van der Waals surface area contributed by atoms with Crippen molar-refractivity contribution >= 4 is 52.3 Å². The lowest BCUT2D eigenvalue weighted by Crippen LogP contribution is -2.14. The molecule has 0 bridgehead atoms. The number of nitrogens with zero attached hydrogens (tertiary/aromatic N) is 4. The number of hydrogen-bond donors (Lipinski definition) is 1. The minimum absolute atomic E-state index is 0.193. The second-order valence-electron chi connectivity index (χ2n) is 4.67. The Morgan fingerprint density at radius 3 is 3.00 bits per heavy atom. The van der Waals surface area contributed by atoms with Gasteiger partial charge in [-0.1, -0.05) is 35.0 Å². The van der Waals surface area contributed by atoms with Crippen LogP contribution in [0.4, 0.5) is 5.69 Å². The number of nitrogens with one attached hydrogen (secondary N) is 1. The molecular weight excluding hydrogens is 357 g/mol. The topological polar surface area (TPSA) is 72.2 Å². The van der Waals surface area contributed by atoms with E-state index in [0.717, 1.165) is 10.7 Å². The van der Waals surface area contributed by atoms with Crippen molar-refractivity contribution in [2.24, 2.45) is 0 Å². The zero-order chi connectivity index (χ0) is 16.4. The third kappa shape index (κ3) is 3.74. The van der Waals surface area contributed by atoms with Crippen molar-refractivity contribution in [3.05, 3.63) is 46.3 Å². The number of anilines is 1. The molecule has 0 saturated heterocycles. The number of halogens is 2. The quantitative estimate of drug-likeness (QED) is 0.564. The molecule has 2 aromatic heterocycles. The van der Waals surface area contributed by atoms with E-state index < -0.39 is 0 Å². The number of aromatic nitrogens is 4. The molecule has 2 heterocycles. The van der Waals surface area contributed by atoms with Crippen LogP contribution < -0.4 is 5.32 Å². The van der Waals surface area contributed by atoms with Crippen LogP contribution in [0, 0.1) is 6.92 Å². The molecule has 9 heteroatoms. The van der Waals surface area contributed by atoms with Crippen molar-refractivity contribution < 1.29 is 4.79 Å². The summed E-state index contributed by atoms with van der Waals surface area (Å²) in [5.41, 5.74) is 1.30. The average Bonchev–Trinajstić information content (AvgIpc) is 2.96. The van der Waals surface area contributed by atoms with E-state index in [4.69, 9.17) is 23.2 Å². The first-order valence-electron chi connectivity index (χ1n) is 6.58. The molecule has 0 spiro atoms. The first kappa shape index (κ1) is 16.0. The molecular formula is C14H11Cl2N5OS. The van der Waals surface area contributed by atoms with Gasteiger partial charge in [0.2, 0.25) is 5.91 Å². The fourth-order valence-corrected chi connectivity index (χ4v) is 3.11. The highest BCUT2D eigenvalue weighted by molar-refractivity contribution is 7.99. The van der Waals surface area contributed by atoms with E-state index in [1.165, 1.54) is 18.1 Å². The number of fused-ring (bicyclic) bond motifs is 1. The summed E-state index contributed by atoms with van der Waals surface area (Å²) in [7, 11) is 0. The van der Waals surface area contributed by atoms with Crippen LogP contribution >= 0.6 is 35.0 Å². The van der Waals surface area contributed by atoms with E-state index in [2.05, 4.69) is 20.4 Å². The zero-order valence-corrected chi connectivity index (χ0v) is 14.3. The van der Waals surface area contributed by atoms with Gasteiger partial charge < -0.3 is 5.32 Å². The minimum Gasteiger partial charge on any atom is -0.324 e. The van der Waals surface area contributed by atoms with Gasteiger partial charge in [-0.15, -0.1) is 0 Å². The molecule has 0 unspecified atom stereocenters. The van der Waals surface area contributed by atoms with Crippen LogP contribution in [-0.2, 0) is 4.79 Å². The summed E-state index contributed by atoms with van der Waals surface area (Å²) in [5, 5.41) is 8.57. The second kappa shape index (κ2) is 6.74. The molecule has 0 saturated carbocycles. The number of benzene rings is 1. The van der Waals surface area contributed by atoms with E-state index in [0.29, 0.717) is 21.5 Å². The Bertz CT molecular complexity index is 883. The Labute approximate surface area is 146 Å². The summed E-state index contributed by atoms with van der Waals surface area (Å²) < 4.78 is 1.59. The number of hydrogen-bond acceptors (Lipinski definition) is 5. The van der Waals surface area contributed by atoms with Crippen molar-refractivity contribution in [1.82, 2.24) is 19.6 Å². The maximum atomic E-state index is 12.1. The predicted molar refractivity (Wildman–Crippen MR) is 91.3 cm³/mol. The SMILES string of the molecule is Cc1cc(SCC(=O)Nc2cc(Cl)ccc2Cl)n2ncnc2n1. The van der Waals surface area contributed by atoms with Crippen LogP contribution in [0.15, 0.2) is 35.6 Å². The van der Waals surface area contributed by atoms with Gasteiger partial charge in [0.05, 0.1) is 16.5 Å². The summed E-state index contributed by atoms with van der Waals surface area (Å²) in [4.78, 5) is 20.4. The fraction of sp³-hybridized carbons (Fsp3) is 0.143. The summed E-state index contributed by atoms with van der Waals surface area (Å²) in [6, 6.07) is 6.76. The molecule has 23 heavy (non-hydrogen) atoms. The maximum Gasteiger partial charge on any atom is 0.253 e. The molecule has 0 fully saturated rings. The van der Waals surface area contributed by atoms with Crippen LogP contribution in [0.2, 0.25) is 10.0 Å². The fourth-order valence-electron chi connectivity index (χ4n) is 1.92. The van der Waals surface area contributed by atoms with Crippen LogP contribution in [0.1, 0.15) is 5.69 Å².